The molecule has 34 heavy (non-hydrogen) atoms. The van der Waals surface area contributed by atoms with E-state index in [2.05, 4.69) is 22.5 Å². The summed E-state index contributed by atoms with van der Waals surface area (Å²) in [5.74, 6) is -0.932. The molecule has 0 bridgehead atoms. The van der Waals surface area contributed by atoms with E-state index in [9.17, 15) is 14.4 Å². The summed E-state index contributed by atoms with van der Waals surface area (Å²) in [6.45, 7) is 3.82. The van der Waals surface area contributed by atoms with Gasteiger partial charge in [0.15, 0.2) is 6.61 Å². The van der Waals surface area contributed by atoms with Gasteiger partial charge in [0, 0.05) is 22.2 Å². The van der Waals surface area contributed by atoms with Crippen LogP contribution in [0, 0.1) is 6.92 Å². The molecular weight excluding hydrogens is 454 g/mol. The summed E-state index contributed by atoms with van der Waals surface area (Å²) in [5.41, 5.74) is 2.67. The van der Waals surface area contributed by atoms with E-state index < -0.39 is 24.4 Å². The summed E-state index contributed by atoms with van der Waals surface area (Å²) in [4.78, 5) is 40.7. The predicted octanol–water partition coefficient (Wildman–Crippen LogP) is 4.21. The lowest BCUT2D eigenvalue weighted by molar-refractivity contribution is -0.146. The Labute approximate surface area is 202 Å². The molecule has 3 aromatic rings. The van der Waals surface area contributed by atoms with Crippen molar-refractivity contribution in [3.05, 3.63) is 64.5 Å². The number of esters is 1. The van der Waals surface area contributed by atoms with Crippen LogP contribution >= 0.6 is 11.3 Å². The number of hydrogen-bond acceptors (Lipinski definition) is 7. The van der Waals surface area contributed by atoms with E-state index in [0.29, 0.717) is 23.6 Å². The van der Waals surface area contributed by atoms with Crippen LogP contribution in [0.2, 0.25) is 0 Å². The molecule has 0 aliphatic heterocycles. The number of anilines is 1. The monoisotopic (exact) mass is 481 g/mol. The number of amides is 2. The minimum absolute atomic E-state index is 0.348. The van der Waals surface area contributed by atoms with Crippen molar-refractivity contribution in [2.75, 3.05) is 25.1 Å². The summed E-state index contributed by atoms with van der Waals surface area (Å²) in [6.07, 6.45) is 2.00. The first-order valence-corrected chi connectivity index (χ1v) is 11.8. The van der Waals surface area contributed by atoms with E-state index >= 15 is 0 Å². The number of thiazole rings is 1. The Bertz CT molecular complexity index is 1130. The number of ether oxygens (including phenoxy) is 2. The van der Waals surface area contributed by atoms with Gasteiger partial charge in [0.25, 0.3) is 11.8 Å². The number of carbonyl (C=O) groups is 3. The Kier molecular flexibility index (Phi) is 9.16. The minimum Gasteiger partial charge on any atom is -0.494 e. The van der Waals surface area contributed by atoms with Crippen LogP contribution < -0.4 is 15.4 Å². The van der Waals surface area contributed by atoms with E-state index in [1.165, 1.54) is 0 Å². The van der Waals surface area contributed by atoms with Gasteiger partial charge in [-0.3, -0.25) is 14.4 Å². The molecule has 0 saturated heterocycles. The molecule has 0 aliphatic rings. The fourth-order valence-corrected chi connectivity index (χ4v) is 3.56. The number of rotatable bonds is 11. The molecule has 3 rings (SSSR count). The predicted molar refractivity (Wildman–Crippen MR) is 131 cm³/mol. The largest absolute Gasteiger partial charge is 0.494 e. The van der Waals surface area contributed by atoms with Crippen LogP contribution in [0.1, 0.15) is 35.1 Å². The van der Waals surface area contributed by atoms with E-state index in [4.69, 9.17) is 9.47 Å². The standard InChI is InChI=1S/C25H27N3O5S/c1-3-4-12-32-21-10-8-18(9-11-21)25(31)26-14-24(30)33-15-23(29)28-20-7-5-6-19(13-20)22-16-34-17(2)27-22/h5-11,13,16H,3-4,12,14-15H2,1-2H3,(H,26,31)(H,28,29). The zero-order valence-electron chi connectivity index (χ0n) is 19.1. The SMILES string of the molecule is CCCCOc1ccc(C(=O)NCC(=O)OCC(=O)Nc2cccc(-c3csc(C)n3)c2)cc1. The van der Waals surface area contributed by atoms with Crippen LogP contribution in [0.15, 0.2) is 53.9 Å². The van der Waals surface area contributed by atoms with Crippen LogP contribution in [0.25, 0.3) is 11.3 Å². The fraction of sp³-hybridized carbons (Fsp3) is 0.280. The molecule has 178 valence electrons. The van der Waals surface area contributed by atoms with Crippen LogP contribution in [-0.2, 0) is 14.3 Å². The third-order valence-corrected chi connectivity index (χ3v) is 5.48. The average molecular weight is 482 g/mol. The number of carbonyl (C=O) groups excluding carboxylic acids is 3. The van der Waals surface area contributed by atoms with Gasteiger partial charge in [0.2, 0.25) is 0 Å². The van der Waals surface area contributed by atoms with Gasteiger partial charge in [0.1, 0.15) is 12.3 Å². The Balaban J connectivity index is 1.40. The molecule has 0 unspecified atom stereocenters. The van der Waals surface area contributed by atoms with Crippen molar-refractivity contribution < 1.29 is 23.9 Å². The highest BCUT2D eigenvalue weighted by molar-refractivity contribution is 7.09. The van der Waals surface area contributed by atoms with E-state index in [-0.39, 0.29) is 6.54 Å². The third kappa shape index (κ3) is 7.70. The molecule has 1 aromatic heterocycles. The number of hydrogen-bond donors (Lipinski definition) is 2. The lowest BCUT2D eigenvalue weighted by Crippen LogP contribution is -2.32. The van der Waals surface area contributed by atoms with Crippen LogP contribution in [0.5, 0.6) is 5.75 Å². The molecule has 9 heteroatoms. The molecule has 1 heterocycles. The zero-order valence-corrected chi connectivity index (χ0v) is 19.9. The first-order chi connectivity index (χ1) is 16.4. The van der Waals surface area contributed by atoms with Gasteiger partial charge in [-0.05, 0) is 49.7 Å². The zero-order chi connectivity index (χ0) is 24.3. The Morgan fingerprint density at radius 3 is 2.59 bits per heavy atom. The maximum Gasteiger partial charge on any atom is 0.325 e. The second-order valence-electron chi connectivity index (χ2n) is 7.45. The normalized spacial score (nSPS) is 10.4. The minimum atomic E-state index is -0.713. The summed E-state index contributed by atoms with van der Waals surface area (Å²) in [5, 5.41) is 8.07. The second kappa shape index (κ2) is 12.5. The average Bonchev–Trinajstić information content (AvgIpc) is 3.28. The van der Waals surface area contributed by atoms with Gasteiger partial charge in [-0.15, -0.1) is 11.3 Å². The number of nitrogens with one attached hydrogen (secondary N) is 2. The summed E-state index contributed by atoms with van der Waals surface area (Å²) in [7, 11) is 0. The van der Waals surface area contributed by atoms with E-state index in [0.717, 1.165) is 29.1 Å². The quantitative estimate of drug-likeness (QED) is 0.314. The lowest BCUT2D eigenvalue weighted by atomic mass is 10.1. The number of aryl methyl sites for hydroxylation is 1. The maximum absolute atomic E-state index is 12.2. The van der Waals surface area contributed by atoms with Crippen molar-refractivity contribution in [2.24, 2.45) is 0 Å². The van der Waals surface area contributed by atoms with Crippen LogP contribution in [0.4, 0.5) is 5.69 Å². The maximum atomic E-state index is 12.2. The van der Waals surface area contributed by atoms with Gasteiger partial charge >= 0.3 is 5.97 Å². The Hall–Kier alpha value is -3.72. The van der Waals surface area contributed by atoms with Crippen molar-refractivity contribution in [3.63, 3.8) is 0 Å². The molecule has 2 amide bonds. The summed E-state index contributed by atoms with van der Waals surface area (Å²) >= 11 is 1.55. The number of benzene rings is 2. The lowest BCUT2D eigenvalue weighted by Gasteiger charge is -2.09. The molecule has 0 fully saturated rings. The van der Waals surface area contributed by atoms with Gasteiger partial charge in [-0.25, -0.2) is 4.98 Å². The van der Waals surface area contributed by atoms with Crippen LogP contribution in [0.3, 0.4) is 0 Å². The molecule has 2 aromatic carbocycles. The Morgan fingerprint density at radius 1 is 1.09 bits per heavy atom. The highest BCUT2D eigenvalue weighted by Gasteiger charge is 2.12. The molecule has 0 aliphatic carbocycles. The molecular formula is C25H27N3O5S. The highest BCUT2D eigenvalue weighted by Crippen LogP contribution is 2.24. The van der Waals surface area contributed by atoms with Crippen molar-refractivity contribution >= 4 is 34.8 Å². The fourth-order valence-electron chi connectivity index (χ4n) is 2.94. The smallest absolute Gasteiger partial charge is 0.325 e. The number of aromatic nitrogens is 1. The topological polar surface area (TPSA) is 107 Å². The van der Waals surface area contributed by atoms with Gasteiger partial charge in [-0.1, -0.05) is 25.5 Å². The Morgan fingerprint density at radius 2 is 1.88 bits per heavy atom. The van der Waals surface area contributed by atoms with Gasteiger partial charge in [0.05, 0.1) is 17.3 Å². The molecule has 8 nitrogen and oxygen atoms in total. The van der Waals surface area contributed by atoms with E-state index in [1.54, 1.807) is 47.7 Å². The molecule has 0 radical (unpaired) electrons. The molecule has 0 saturated carbocycles. The van der Waals surface area contributed by atoms with Crippen molar-refractivity contribution in [1.29, 1.82) is 0 Å². The third-order valence-electron chi connectivity index (χ3n) is 4.70. The molecule has 0 atom stereocenters. The molecule has 0 spiro atoms. The van der Waals surface area contributed by atoms with Crippen molar-refractivity contribution in [1.82, 2.24) is 10.3 Å². The van der Waals surface area contributed by atoms with Gasteiger partial charge in [-0.2, -0.15) is 0 Å². The van der Waals surface area contributed by atoms with E-state index in [1.807, 2.05) is 24.4 Å². The first-order valence-electron chi connectivity index (χ1n) is 10.9. The summed E-state index contributed by atoms with van der Waals surface area (Å²) < 4.78 is 10.5. The van der Waals surface area contributed by atoms with Crippen LogP contribution in [-0.4, -0.2) is 42.5 Å². The van der Waals surface area contributed by atoms with Crippen molar-refractivity contribution in [3.8, 4) is 17.0 Å². The summed E-state index contributed by atoms with van der Waals surface area (Å²) in [6, 6.07) is 13.9. The number of nitrogens with zero attached hydrogens (tertiary/aromatic N) is 1. The van der Waals surface area contributed by atoms with Gasteiger partial charge < -0.3 is 20.1 Å². The number of unbranched alkanes of at least 4 members (excludes halogenated alkanes) is 1. The van der Waals surface area contributed by atoms with Crippen molar-refractivity contribution in [2.45, 2.75) is 26.7 Å². The molecule has 2 N–H and O–H groups in total. The first kappa shape index (κ1) is 24.9. The highest BCUT2D eigenvalue weighted by atomic mass is 32.1. The second-order valence-corrected chi connectivity index (χ2v) is 8.51.